The molecule has 0 radical (unpaired) electrons. The van der Waals surface area contributed by atoms with Crippen molar-refractivity contribution in [1.29, 1.82) is 0 Å². The van der Waals surface area contributed by atoms with Gasteiger partial charge in [0.05, 0.1) is 0 Å². The largest absolute Gasteiger partial charge is 0.208 e. The van der Waals surface area contributed by atoms with Crippen LogP contribution < -0.4 is 0 Å². The van der Waals surface area contributed by atoms with Crippen molar-refractivity contribution in [3.8, 4) is 56.4 Å². The number of fused-ring (bicyclic) bond motifs is 7. The van der Waals surface area contributed by atoms with E-state index in [-0.39, 0.29) is 0 Å². The third-order valence-corrected chi connectivity index (χ3v) is 12.0. The Bertz CT molecular complexity index is 3270. The highest BCUT2D eigenvalue weighted by molar-refractivity contribution is 7.26. The van der Waals surface area contributed by atoms with E-state index in [9.17, 15) is 0 Å². The van der Waals surface area contributed by atoms with Gasteiger partial charge in [0, 0.05) is 36.9 Å². The maximum absolute atomic E-state index is 5.33. The fraction of sp³-hybridized carbons (Fsp3) is 0. The molecule has 0 unspecified atom stereocenters. The van der Waals surface area contributed by atoms with E-state index in [1.54, 1.807) is 11.3 Å². The number of rotatable bonds is 5. The summed E-state index contributed by atoms with van der Waals surface area (Å²) >= 11 is 1.79. The average molecular weight is 718 g/mol. The molecular weight excluding hydrogens is 687 g/mol. The van der Waals surface area contributed by atoms with Gasteiger partial charge in [-0.3, -0.25) is 0 Å². The lowest BCUT2D eigenvalue weighted by molar-refractivity contribution is 1.08. The first-order chi connectivity index (χ1) is 27.3. The lowest BCUT2D eigenvalue weighted by Gasteiger charge is -2.16. The van der Waals surface area contributed by atoms with Gasteiger partial charge >= 0.3 is 0 Å². The summed E-state index contributed by atoms with van der Waals surface area (Å²) in [7, 11) is 0. The molecular formula is C51H31N3S. The molecule has 0 spiro atoms. The minimum absolute atomic E-state index is 0.643. The molecule has 4 heteroatoms. The monoisotopic (exact) mass is 717 g/mol. The fourth-order valence-corrected chi connectivity index (χ4v) is 9.36. The van der Waals surface area contributed by atoms with Crippen molar-refractivity contribution in [3.05, 3.63) is 188 Å². The normalized spacial score (nSPS) is 11.6. The predicted molar refractivity (Wildman–Crippen MR) is 232 cm³/mol. The van der Waals surface area contributed by atoms with Crippen LogP contribution in [0, 0.1) is 0 Å². The van der Waals surface area contributed by atoms with Gasteiger partial charge < -0.3 is 0 Å². The lowest BCUT2D eigenvalue weighted by atomic mass is 9.89. The van der Waals surface area contributed by atoms with Crippen LogP contribution in [0.3, 0.4) is 0 Å². The minimum Gasteiger partial charge on any atom is -0.208 e. The second-order valence-electron chi connectivity index (χ2n) is 13.9. The van der Waals surface area contributed by atoms with Crippen molar-refractivity contribution in [2.45, 2.75) is 0 Å². The number of hydrogen-bond donors (Lipinski definition) is 0. The molecule has 55 heavy (non-hydrogen) atoms. The molecule has 0 amide bonds. The molecule has 0 fully saturated rings. The predicted octanol–water partition coefficient (Wildman–Crippen LogP) is 14.0. The number of benzene rings is 9. The summed E-state index contributed by atoms with van der Waals surface area (Å²) in [5, 5.41) is 9.69. The number of nitrogens with zero attached hydrogens (tertiary/aromatic N) is 3. The average Bonchev–Trinajstić information content (AvgIpc) is 3.65. The van der Waals surface area contributed by atoms with E-state index in [4.69, 9.17) is 15.0 Å². The van der Waals surface area contributed by atoms with Gasteiger partial charge in [-0.05, 0) is 84.9 Å². The smallest absolute Gasteiger partial charge is 0.165 e. The van der Waals surface area contributed by atoms with Crippen molar-refractivity contribution in [3.63, 3.8) is 0 Å². The summed E-state index contributed by atoms with van der Waals surface area (Å²) in [4.78, 5) is 15.9. The molecule has 2 aromatic heterocycles. The highest BCUT2D eigenvalue weighted by atomic mass is 32.1. The van der Waals surface area contributed by atoms with Gasteiger partial charge in [0.25, 0.3) is 0 Å². The zero-order valence-corrected chi connectivity index (χ0v) is 30.5. The second-order valence-corrected chi connectivity index (χ2v) is 15.0. The molecule has 0 N–H and O–H groups in total. The Kier molecular flexibility index (Phi) is 7.35. The number of aromatic nitrogens is 3. The summed E-state index contributed by atoms with van der Waals surface area (Å²) in [6.45, 7) is 0. The van der Waals surface area contributed by atoms with Crippen LogP contribution >= 0.6 is 11.3 Å². The molecule has 0 aliphatic rings. The fourth-order valence-electron chi connectivity index (χ4n) is 8.14. The van der Waals surface area contributed by atoms with E-state index >= 15 is 0 Å². The molecule has 0 atom stereocenters. The van der Waals surface area contributed by atoms with Crippen LogP contribution in [0.1, 0.15) is 0 Å². The van der Waals surface area contributed by atoms with Crippen molar-refractivity contribution >= 4 is 63.8 Å². The molecule has 0 saturated heterocycles. The van der Waals surface area contributed by atoms with Gasteiger partial charge in [-0.25, -0.2) is 15.0 Å². The Labute approximate surface area is 321 Å². The van der Waals surface area contributed by atoms with E-state index in [2.05, 4.69) is 182 Å². The summed E-state index contributed by atoms with van der Waals surface area (Å²) in [5.41, 5.74) is 7.58. The van der Waals surface area contributed by atoms with Crippen LogP contribution in [0.5, 0.6) is 0 Å². The van der Waals surface area contributed by atoms with Gasteiger partial charge in [0.1, 0.15) is 0 Å². The van der Waals surface area contributed by atoms with Crippen LogP contribution in [-0.2, 0) is 0 Å². The number of hydrogen-bond acceptors (Lipinski definition) is 4. The van der Waals surface area contributed by atoms with E-state index in [0.29, 0.717) is 17.5 Å². The standard InChI is InChI=1S/C51H31N3S/c1-2-14-32(15-3-1)33-17-12-18-35(30-33)49-52-50(54-51(53-49)45-26-13-25-43-42-24-10-11-27-47(42)55-48(43)45)44-29-28-41(38-21-7-8-22-39(38)44)46-31-34-16-4-5-19-36(34)37-20-6-9-23-40(37)46/h1-31H. The molecule has 0 bridgehead atoms. The first kappa shape index (κ1) is 31.5. The Hall–Kier alpha value is -7.01. The molecule has 9 aromatic carbocycles. The maximum Gasteiger partial charge on any atom is 0.165 e. The topological polar surface area (TPSA) is 38.7 Å². The third kappa shape index (κ3) is 5.30. The SMILES string of the molecule is c1ccc(-c2cccc(-c3nc(-c4ccc(-c5cc6ccccc6c6ccccc56)c5ccccc45)nc(-c4cccc5c4sc4ccccc45)n3)c2)cc1. The van der Waals surface area contributed by atoms with Crippen molar-refractivity contribution in [2.75, 3.05) is 0 Å². The van der Waals surface area contributed by atoms with Crippen molar-refractivity contribution in [1.82, 2.24) is 15.0 Å². The molecule has 256 valence electrons. The maximum atomic E-state index is 5.33. The molecule has 0 aliphatic heterocycles. The van der Waals surface area contributed by atoms with Crippen LogP contribution in [0.25, 0.3) is 109 Å². The summed E-state index contributed by atoms with van der Waals surface area (Å²) in [5.74, 6) is 1.95. The Morgan fingerprint density at radius 3 is 1.65 bits per heavy atom. The third-order valence-electron chi connectivity index (χ3n) is 10.7. The van der Waals surface area contributed by atoms with E-state index < -0.39 is 0 Å². The van der Waals surface area contributed by atoms with Gasteiger partial charge in [0.15, 0.2) is 17.5 Å². The highest BCUT2D eigenvalue weighted by Gasteiger charge is 2.20. The van der Waals surface area contributed by atoms with Gasteiger partial charge in [0.2, 0.25) is 0 Å². The Morgan fingerprint density at radius 2 is 0.836 bits per heavy atom. The summed E-state index contributed by atoms with van der Waals surface area (Å²) < 4.78 is 2.42. The van der Waals surface area contributed by atoms with E-state index in [0.717, 1.165) is 38.6 Å². The van der Waals surface area contributed by atoms with Crippen LogP contribution in [0.15, 0.2) is 188 Å². The van der Waals surface area contributed by atoms with Gasteiger partial charge in [-0.15, -0.1) is 11.3 Å². The minimum atomic E-state index is 0.643. The van der Waals surface area contributed by atoms with Gasteiger partial charge in [-0.2, -0.15) is 0 Å². The zero-order chi connectivity index (χ0) is 36.3. The first-order valence-corrected chi connectivity index (χ1v) is 19.3. The molecule has 3 nitrogen and oxygen atoms in total. The van der Waals surface area contributed by atoms with E-state index in [1.807, 2.05) is 6.07 Å². The van der Waals surface area contributed by atoms with Crippen LogP contribution in [0.2, 0.25) is 0 Å². The molecule has 0 aliphatic carbocycles. The lowest BCUT2D eigenvalue weighted by Crippen LogP contribution is -2.01. The Balaban J connectivity index is 1.15. The molecule has 0 saturated carbocycles. The first-order valence-electron chi connectivity index (χ1n) is 18.5. The van der Waals surface area contributed by atoms with Crippen LogP contribution in [0.4, 0.5) is 0 Å². The van der Waals surface area contributed by atoms with Crippen molar-refractivity contribution in [2.24, 2.45) is 0 Å². The van der Waals surface area contributed by atoms with Crippen molar-refractivity contribution < 1.29 is 0 Å². The van der Waals surface area contributed by atoms with Gasteiger partial charge in [-0.1, -0.05) is 158 Å². The molecule has 11 rings (SSSR count). The van der Waals surface area contributed by atoms with E-state index in [1.165, 1.54) is 52.8 Å². The molecule has 2 heterocycles. The second kappa shape index (κ2) is 12.8. The Morgan fingerprint density at radius 1 is 0.291 bits per heavy atom. The summed E-state index contributed by atoms with van der Waals surface area (Å²) in [6, 6.07) is 66.9. The summed E-state index contributed by atoms with van der Waals surface area (Å²) in [6.07, 6.45) is 0. The quantitative estimate of drug-likeness (QED) is 0.166. The highest BCUT2D eigenvalue weighted by Crippen LogP contribution is 2.42. The zero-order valence-electron chi connectivity index (χ0n) is 29.6. The van der Waals surface area contributed by atoms with Crippen LogP contribution in [-0.4, -0.2) is 15.0 Å². The molecule has 11 aromatic rings. The number of thiophene rings is 1.